The summed E-state index contributed by atoms with van der Waals surface area (Å²) in [5.74, 6) is 0. The molecule has 0 saturated heterocycles. The van der Waals surface area contributed by atoms with Gasteiger partial charge >= 0.3 is 0 Å². The van der Waals surface area contributed by atoms with Crippen LogP contribution in [0.2, 0.25) is 0 Å². The first-order valence-corrected chi connectivity index (χ1v) is 8.61. The third-order valence-corrected chi connectivity index (χ3v) is 5.74. The molecular formula is C14H17NO2S2. The fourth-order valence-corrected chi connectivity index (χ4v) is 4.11. The van der Waals surface area contributed by atoms with E-state index in [4.69, 9.17) is 0 Å². The molecule has 0 radical (unpaired) electrons. The first kappa shape index (κ1) is 14.1. The van der Waals surface area contributed by atoms with Crippen molar-refractivity contribution >= 4 is 27.0 Å². The lowest BCUT2D eigenvalue weighted by Gasteiger charge is -2.14. The number of hydrogen-bond acceptors (Lipinski definition) is 3. The first-order valence-electron chi connectivity index (χ1n) is 6.25. The molecule has 0 saturated carbocycles. The number of thiophene rings is 1. The summed E-state index contributed by atoms with van der Waals surface area (Å²) in [5, 5.41) is 1.76. The smallest absolute Gasteiger partial charge is 0.271 e. The highest BCUT2D eigenvalue weighted by molar-refractivity contribution is 7.94. The lowest BCUT2D eigenvalue weighted by molar-refractivity contribution is 0.603. The fourth-order valence-electron chi connectivity index (χ4n) is 1.97. The molecule has 5 heteroatoms. The predicted molar refractivity (Wildman–Crippen MR) is 80.3 cm³/mol. The van der Waals surface area contributed by atoms with E-state index < -0.39 is 10.0 Å². The molecule has 0 amide bonds. The Morgan fingerprint density at radius 2 is 1.68 bits per heavy atom. The van der Waals surface area contributed by atoms with Crippen molar-refractivity contribution in [3.63, 3.8) is 0 Å². The fraction of sp³-hybridized carbons (Fsp3) is 0.286. The summed E-state index contributed by atoms with van der Waals surface area (Å²) >= 11 is 1.23. The van der Waals surface area contributed by atoms with Crippen LogP contribution < -0.4 is 4.72 Å². The Kier molecular flexibility index (Phi) is 4.27. The zero-order valence-electron chi connectivity index (χ0n) is 11.0. The average Bonchev–Trinajstić information content (AvgIpc) is 2.93. The molecule has 2 aromatic rings. The highest BCUT2D eigenvalue weighted by Crippen LogP contribution is 2.27. The van der Waals surface area contributed by atoms with Crippen molar-refractivity contribution in [2.24, 2.45) is 0 Å². The summed E-state index contributed by atoms with van der Waals surface area (Å²) in [4.78, 5) is 0. The summed E-state index contributed by atoms with van der Waals surface area (Å²) in [6.07, 6.45) is 1.60. The maximum Gasteiger partial charge on any atom is 0.271 e. The number of aryl methyl sites for hydroxylation is 2. The minimum atomic E-state index is -3.47. The molecule has 0 spiro atoms. The summed E-state index contributed by atoms with van der Waals surface area (Å²) < 4.78 is 27.7. The number of rotatable bonds is 5. The highest BCUT2D eigenvalue weighted by atomic mass is 32.2. The van der Waals surface area contributed by atoms with Gasteiger partial charge in [0.15, 0.2) is 0 Å². The zero-order valence-corrected chi connectivity index (χ0v) is 12.6. The quantitative estimate of drug-likeness (QED) is 0.914. The minimum Gasteiger partial charge on any atom is -0.278 e. The van der Waals surface area contributed by atoms with Crippen molar-refractivity contribution in [2.75, 3.05) is 4.72 Å². The molecule has 0 unspecified atom stereocenters. The van der Waals surface area contributed by atoms with Gasteiger partial charge < -0.3 is 0 Å². The molecule has 0 bridgehead atoms. The maximum atomic E-state index is 12.3. The second-order valence-corrected chi connectivity index (χ2v) is 7.05. The van der Waals surface area contributed by atoms with Crippen LogP contribution in [0.15, 0.2) is 39.9 Å². The van der Waals surface area contributed by atoms with Gasteiger partial charge in [-0.15, -0.1) is 11.3 Å². The number of hydrogen-bond donors (Lipinski definition) is 1. The molecule has 1 heterocycles. The van der Waals surface area contributed by atoms with Gasteiger partial charge in [0.1, 0.15) is 4.21 Å². The molecule has 2 rings (SSSR count). The third kappa shape index (κ3) is 2.98. The van der Waals surface area contributed by atoms with Crippen molar-refractivity contribution in [1.82, 2.24) is 0 Å². The maximum absolute atomic E-state index is 12.3. The van der Waals surface area contributed by atoms with Gasteiger partial charge in [-0.3, -0.25) is 4.72 Å². The van der Waals surface area contributed by atoms with Gasteiger partial charge in [-0.2, -0.15) is 0 Å². The van der Waals surface area contributed by atoms with Crippen molar-refractivity contribution in [2.45, 2.75) is 30.9 Å². The van der Waals surface area contributed by atoms with Crippen LogP contribution in [0.4, 0.5) is 5.69 Å². The summed E-state index contributed by atoms with van der Waals surface area (Å²) in [6, 6.07) is 9.26. The van der Waals surface area contributed by atoms with Crippen molar-refractivity contribution < 1.29 is 8.42 Å². The molecule has 1 aromatic carbocycles. The van der Waals surface area contributed by atoms with Crippen LogP contribution in [-0.4, -0.2) is 8.42 Å². The molecule has 1 N–H and O–H groups in total. The van der Waals surface area contributed by atoms with E-state index in [0.717, 1.165) is 29.7 Å². The Bertz CT molecular complexity index is 624. The Hall–Kier alpha value is -1.33. The van der Waals surface area contributed by atoms with E-state index in [0.29, 0.717) is 4.21 Å². The van der Waals surface area contributed by atoms with E-state index in [1.54, 1.807) is 17.5 Å². The van der Waals surface area contributed by atoms with E-state index in [-0.39, 0.29) is 0 Å². The Balaban J connectivity index is 2.44. The summed E-state index contributed by atoms with van der Waals surface area (Å²) in [6.45, 7) is 4.05. The average molecular weight is 295 g/mol. The monoisotopic (exact) mass is 295 g/mol. The molecule has 19 heavy (non-hydrogen) atoms. The van der Waals surface area contributed by atoms with Crippen molar-refractivity contribution in [3.05, 3.63) is 46.8 Å². The van der Waals surface area contributed by atoms with Gasteiger partial charge in [0.05, 0.1) is 5.69 Å². The Morgan fingerprint density at radius 1 is 1.05 bits per heavy atom. The van der Waals surface area contributed by atoms with Crippen LogP contribution in [0.5, 0.6) is 0 Å². The van der Waals surface area contributed by atoms with Gasteiger partial charge in [0, 0.05) is 0 Å². The molecule has 0 aliphatic rings. The SMILES string of the molecule is CCc1cccc(CC)c1NS(=O)(=O)c1cccs1. The van der Waals surface area contributed by atoms with Crippen LogP contribution in [0, 0.1) is 0 Å². The van der Waals surface area contributed by atoms with E-state index in [1.807, 2.05) is 32.0 Å². The molecule has 0 atom stereocenters. The lowest BCUT2D eigenvalue weighted by Crippen LogP contribution is -2.14. The first-order chi connectivity index (χ1) is 9.08. The predicted octanol–water partition coefficient (Wildman–Crippen LogP) is 3.67. The van der Waals surface area contributed by atoms with E-state index >= 15 is 0 Å². The minimum absolute atomic E-state index is 0.348. The molecule has 1 aromatic heterocycles. The van der Waals surface area contributed by atoms with Crippen LogP contribution in [0.3, 0.4) is 0 Å². The highest BCUT2D eigenvalue weighted by Gasteiger charge is 2.18. The van der Waals surface area contributed by atoms with Gasteiger partial charge in [0.2, 0.25) is 0 Å². The molecule has 0 fully saturated rings. The molecule has 3 nitrogen and oxygen atoms in total. The van der Waals surface area contributed by atoms with Gasteiger partial charge in [0.25, 0.3) is 10.0 Å². The standard InChI is InChI=1S/C14H17NO2S2/c1-3-11-7-5-8-12(4-2)14(11)15-19(16,17)13-9-6-10-18-13/h5-10,15H,3-4H2,1-2H3. The van der Waals surface area contributed by atoms with Gasteiger partial charge in [-0.25, -0.2) is 8.42 Å². The van der Waals surface area contributed by atoms with Crippen LogP contribution in [0.1, 0.15) is 25.0 Å². The normalized spacial score (nSPS) is 11.5. The van der Waals surface area contributed by atoms with Crippen LogP contribution in [-0.2, 0) is 22.9 Å². The number of benzene rings is 1. The largest absolute Gasteiger partial charge is 0.278 e. The molecule has 0 aliphatic heterocycles. The van der Waals surface area contributed by atoms with Crippen LogP contribution >= 0.6 is 11.3 Å². The van der Waals surface area contributed by atoms with Crippen LogP contribution in [0.25, 0.3) is 0 Å². The second kappa shape index (κ2) is 5.75. The number of sulfonamides is 1. The van der Waals surface area contributed by atoms with Crippen molar-refractivity contribution in [1.29, 1.82) is 0 Å². The number of para-hydroxylation sites is 1. The Morgan fingerprint density at radius 3 is 2.16 bits per heavy atom. The Labute approximate surface area is 118 Å². The molecule has 0 aliphatic carbocycles. The zero-order chi connectivity index (χ0) is 13.9. The van der Waals surface area contributed by atoms with Gasteiger partial charge in [-0.1, -0.05) is 38.1 Å². The second-order valence-electron chi connectivity index (χ2n) is 4.20. The summed E-state index contributed by atoms with van der Waals surface area (Å²) in [5.41, 5.74) is 2.79. The molecule has 102 valence electrons. The van der Waals surface area contributed by atoms with E-state index in [2.05, 4.69) is 4.72 Å². The topological polar surface area (TPSA) is 46.2 Å². The number of anilines is 1. The lowest BCUT2D eigenvalue weighted by atomic mass is 10.0. The van der Waals surface area contributed by atoms with Gasteiger partial charge in [-0.05, 0) is 35.4 Å². The number of nitrogens with one attached hydrogen (secondary N) is 1. The van der Waals surface area contributed by atoms with E-state index in [1.165, 1.54) is 11.3 Å². The molecular weight excluding hydrogens is 278 g/mol. The van der Waals surface area contributed by atoms with Crippen molar-refractivity contribution in [3.8, 4) is 0 Å². The third-order valence-electron chi connectivity index (χ3n) is 3.00. The summed E-state index contributed by atoms with van der Waals surface area (Å²) in [7, 11) is -3.47. The van der Waals surface area contributed by atoms with E-state index in [9.17, 15) is 8.42 Å².